The van der Waals surface area contributed by atoms with Crippen molar-refractivity contribution in [3.05, 3.63) is 0 Å². The van der Waals surface area contributed by atoms with Crippen LogP contribution < -0.4 is 0 Å². The van der Waals surface area contributed by atoms with Gasteiger partial charge in [0.1, 0.15) is 0 Å². The van der Waals surface area contributed by atoms with Gasteiger partial charge >= 0.3 is 0 Å². The normalized spacial score (nSPS) is 27.4. The van der Waals surface area contributed by atoms with Crippen molar-refractivity contribution in [3.63, 3.8) is 0 Å². The Kier molecular flexibility index (Phi) is 2.06. The molecule has 2 saturated heterocycles. The molecule has 0 aromatic carbocycles. The number of carbonyl (C=O) groups is 1. The van der Waals surface area contributed by atoms with Crippen LogP contribution in [0.5, 0.6) is 0 Å². The van der Waals surface area contributed by atoms with Crippen LogP contribution in [0.15, 0.2) is 0 Å². The molecule has 13 heavy (non-hydrogen) atoms. The van der Waals surface area contributed by atoms with E-state index in [1.165, 1.54) is 19.3 Å². The fourth-order valence-corrected chi connectivity index (χ4v) is 2.59. The predicted octanol–water partition coefficient (Wildman–Crippen LogP) is 0.703. The summed E-state index contributed by atoms with van der Waals surface area (Å²) in [4.78, 5) is 15.7. The van der Waals surface area contributed by atoms with Gasteiger partial charge in [-0.25, -0.2) is 0 Å². The highest BCUT2D eigenvalue weighted by Crippen LogP contribution is 2.39. The summed E-state index contributed by atoms with van der Waals surface area (Å²) in [5, 5.41) is 0. The lowest BCUT2D eigenvalue weighted by Crippen LogP contribution is -2.65. The third-order valence-corrected chi connectivity index (χ3v) is 3.67. The van der Waals surface area contributed by atoms with E-state index in [2.05, 4.69) is 16.8 Å². The largest absolute Gasteiger partial charge is 0.337 e. The van der Waals surface area contributed by atoms with Gasteiger partial charge in [-0.05, 0) is 26.3 Å². The van der Waals surface area contributed by atoms with Crippen LogP contribution in [0.2, 0.25) is 0 Å². The summed E-state index contributed by atoms with van der Waals surface area (Å²) in [6.45, 7) is 4.96. The van der Waals surface area contributed by atoms with Crippen LogP contribution in [-0.4, -0.2) is 47.9 Å². The van der Waals surface area contributed by atoms with Crippen molar-refractivity contribution >= 4 is 5.91 Å². The molecule has 2 aliphatic heterocycles. The summed E-state index contributed by atoms with van der Waals surface area (Å²) in [6.07, 6.45) is 3.56. The monoisotopic (exact) mass is 182 g/mol. The fourth-order valence-electron chi connectivity index (χ4n) is 2.59. The molecule has 0 atom stereocenters. The van der Waals surface area contributed by atoms with Crippen LogP contribution >= 0.6 is 0 Å². The highest BCUT2D eigenvalue weighted by molar-refractivity contribution is 5.75. The van der Waals surface area contributed by atoms with Gasteiger partial charge in [-0.2, -0.15) is 0 Å². The zero-order valence-electron chi connectivity index (χ0n) is 8.55. The molecule has 3 nitrogen and oxygen atoms in total. The van der Waals surface area contributed by atoms with E-state index in [4.69, 9.17) is 0 Å². The second-order valence-electron chi connectivity index (χ2n) is 4.45. The van der Waals surface area contributed by atoms with Crippen molar-refractivity contribution in [1.82, 2.24) is 9.80 Å². The van der Waals surface area contributed by atoms with Crippen LogP contribution in [0.3, 0.4) is 0 Å². The Bertz CT molecular complexity index is 219. The molecular formula is C10H18N2O. The number of rotatable bonds is 0. The molecule has 3 heteroatoms. The van der Waals surface area contributed by atoms with E-state index in [0.29, 0.717) is 0 Å². The van der Waals surface area contributed by atoms with Crippen molar-refractivity contribution in [2.75, 3.05) is 26.7 Å². The van der Waals surface area contributed by atoms with Crippen molar-refractivity contribution in [3.8, 4) is 0 Å². The van der Waals surface area contributed by atoms with Crippen molar-refractivity contribution in [1.29, 1.82) is 0 Å². The lowest BCUT2D eigenvalue weighted by atomic mass is 9.76. The average molecular weight is 182 g/mol. The predicted molar refractivity (Wildman–Crippen MR) is 51.5 cm³/mol. The van der Waals surface area contributed by atoms with E-state index in [0.717, 1.165) is 19.6 Å². The molecule has 0 aromatic heterocycles. The van der Waals surface area contributed by atoms with Crippen LogP contribution in [0.4, 0.5) is 0 Å². The summed E-state index contributed by atoms with van der Waals surface area (Å²) < 4.78 is 0. The molecule has 2 heterocycles. The average Bonchev–Trinajstić information content (AvgIpc) is 2.03. The van der Waals surface area contributed by atoms with Crippen molar-refractivity contribution < 1.29 is 4.79 Å². The Balaban J connectivity index is 2.02. The van der Waals surface area contributed by atoms with Gasteiger partial charge in [0.2, 0.25) is 5.91 Å². The van der Waals surface area contributed by atoms with E-state index in [1.54, 1.807) is 6.92 Å². The van der Waals surface area contributed by atoms with E-state index < -0.39 is 0 Å². The van der Waals surface area contributed by atoms with Crippen molar-refractivity contribution in [2.45, 2.75) is 31.7 Å². The van der Waals surface area contributed by atoms with E-state index in [9.17, 15) is 4.79 Å². The minimum atomic E-state index is 0.260. The Morgan fingerprint density at radius 3 is 2.08 bits per heavy atom. The molecule has 0 aromatic rings. The number of hydrogen-bond acceptors (Lipinski definition) is 2. The molecule has 0 bridgehead atoms. The zero-order chi connectivity index (χ0) is 9.47. The quantitative estimate of drug-likeness (QED) is 0.550. The lowest BCUT2D eigenvalue weighted by Gasteiger charge is -2.56. The van der Waals surface area contributed by atoms with Gasteiger partial charge < -0.3 is 9.80 Å². The first-order valence-corrected chi connectivity index (χ1v) is 5.11. The minimum Gasteiger partial charge on any atom is -0.337 e. The Morgan fingerprint density at radius 2 is 1.69 bits per heavy atom. The summed E-state index contributed by atoms with van der Waals surface area (Å²) in [5.41, 5.74) is 0.262. The van der Waals surface area contributed by atoms with Gasteiger partial charge in [-0.1, -0.05) is 0 Å². The molecule has 74 valence electrons. The smallest absolute Gasteiger partial charge is 0.219 e. The number of likely N-dealkylation sites (tertiary alicyclic amines) is 2. The summed E-state index contributed by atoms with van der Waals surface area (Å²) in [5.74, 6) is 0.260. The minimum absolute atomic E-state index is 0.260. The highest BCUT2D eigenvalue weighted by Gasteiger charge is 2.47. The molecule has 2 fully saturated rings. The SMILES string of the molecule is CC(=O)N1CCC12CCN(C)CC2. The standard InChI is InChI=1S/C10H18N2O/c1-9(13)12-8-5-10(12)3-6-11(2)7-4-10/h3-8H2,1-2H3. The zero-order valence-corrected chi connectivity index (χ0v) is 8.55. The molecule has 0 unspecified atom stereocenters. The Labute approximate surface area is 79.7 Å². The van der Waals surface area contributed by atoms with Gasteiger partial charge in [0.05, 0.1) is 0 Å². The third-order valence-electron chi connectivity index (χ3n) is 3.67. The summed E-state index contributed by atoms with van der Waals surface area (Å²) >= 11 is 0. The molecule has 1 spiro atoms. The molecular weight excluding hydrogens is 164 g/mol. The molecule has 0 N–H and O–H groups in total. The topological polar surface area (TPSA) is 23.6 Å². The first-order chi connectivity index (χ1) is 6.14. The van der Waals surface area contributed by atoms with Gasteiger partial charge in [0.25, 0.3) is 0 Å². The van der Waals surface area contributed by atoms with Crippen LogP contribution in [-0.2, 0) is 4.79 Å². The van der Waals surface area contributed by atoms with Crippen molar-refractivity contribution in [2.24, 2.45) is 0 Å². The van der Waals surface area contributed by atoms with E-state index >= 15 is 0 Å². The molecule has 1 amide bonds. The number of amides is 1. The lowest BCUT2D eigenvalue weighted by molar-refractivity contribution is -0.149. The van der Waals surface area contributed by atoms with Gasteiger partial charge in [-0.3, -0.25) is 4.79 Å². The number of carbonyl (C=O) groups excluding carboxylic acids is 1. The van der Waals surface area contributed by atoms with Crippen LogP contribution in [0.25, 0.3) is 0 Å². The van der Waals surface area contributed by atoms with Gasteiger partial charge in [-0.15, -0.1) is 0 Å². The molecule has 2 rings (SSSR count). The number of nitrogens with zero attached hydrogens (tertiary/aromatic N) is 2. The summed E-state index contributed by atoms with van der Waals surface area (Å²) in [7, 11) is 2.16. The summed E-state index contributed by atoms with van der Waals surface area (Å²) in [6, 6.07) is 0. The van der Waals surface area contributed by atoms with Gasteiger partial charge in [0, 0.05) is 32.1 Å². The first-order valence-electron chi connectivity index (χ1n) is 5.11. The maximum Gasteiger partial charge on any atom is 0.219 e. The molecule has 2 aliphatic rings. The van der Waals surface area contributed by atoms with E-state index in [-0.39, 0.29) is 11.4 Å². The van der Waals surface area contributed by atoms with Gasteiger partial charge in [0.15, 0.2) is 0 Å². The number of piperidine rings is 1. The van der Waals surface area contributed by atoms with Crippen LogP contribution in [0, 0.1) is 0 Å². The van der Waals surface area contributed by atoms with E-state index in [1.807, 2.05) is 0 Å². The second-order valence-corrected chi connectivity index (χ2v) is 4.45. The third kappa shape index (κ3) is 1.35. The molecule has 0 radical (unpaired) electrons. The first kappa shape index (κ1) is 9.00. The molecule has 0 saturated carbocycles. The second kappa shape index (κ2) is 2.98. The highest BCUT2D eigenvalue weighted by atomic mass is 16.2. The fraction of sp³-hybridized carbons (Fsp3) is 0.900. The number of hydrogen-bond donors (Lipinski definition) is 0. The molecule has 0 aliphatic carbocycles. The Morgan fingerprint density at radius 1 is 1.15 bits per heavy atom. The Hall–Kier alpha value is -0.570. The maximum absolute atomic E-state index is 11.3. The maximum atomic E-state index is 11.3. The van der Waals surface area contributed by atoms with Crippen LogP contribution in [0.1, 0.15) is 26.2 Å².